The molecule has 6 nitrogen and oxygen atoms in total. The van der Waals surface area contributed by atoms with Crippen LogP contribution in [0.25, 0.3) is 11.0 Å². The average molecular weight is 323 g/mol. The second kappa shape index (κ2) is 6.62. The van der Waals surface area contributed by atoms with E-state index in [1.165, 1.54) is 30.5 Å². The van der Waals surface area contributed by atoms with Gasteiger partial charge in [0.1, 0.15) is 0 Å². The van der Waals surface area contributed by atoms with E-state index in [0.717, 1.165) is 0 Å². The fourth-order valence-corrected chi connectivity index (χ4v) is 2.84. The van der Waals surface area contributed by atoms with Crippen LogP contribution in [0.2, 0.25) is 0 Å². The quantitative estimate of drug-likeness (QED) is 0.564. The molecule has 1 heterocycles. The molecule has 0 atom stereocenters. The molecule has 0 aliphatic carbocycles. The molecule has 107 valence electrons. The van der Waals surface area contributed by atoms with E-state index in [9.17, 15) is 8.42 Å². The van der Waals surface area contributed by atoms with Gasteiger partial charge in [0, 0.05) is 35.2 Å². The molecule has 1 radical (unpaired) electrons. The molecule has 0 saturated heterocycles. The Kier molecular flexibility index (Phi) is 5.02. The van der Waals surface area contributed by atoms with E-state index in [0.29, 0.717) is 16.7 Å². The van der Waals surface area contributed by atoms with Gasteiger partial charge in [-0.1, -0.05) is 12.1 Å². The Morgan fingerprint density at radius 3 is 2.27 bits per heavy atom. The number of para-hydroxylation sites is 2. The van der Waals surface area contributed by atoms with Crippen LogP contribution in [0.5, 0.6) is 0 Å². The molecule has 3 rings (SSSR count). The van der Waals surface area contributed by atoms with Gasteiger partial charge < -0.3 is 5.73 Å². The molecule has 0 saturated carbocycles. The van der Waals surface area contributed by atoms with Crippen molar-refractivity contribution in [2.45, 2.75) is 4.90 Å². The second-order valence-electron chi connectivity index (χ2n) is 4.42. The fraction of sp³-hybridized carbons (Fsp3) is 0. The maximum Gasteiger partial charge on any atom is 0.263 e. The molecule has 8 heteroatoms. The average Bonchev–Trinajstić information content (AvgIpc) is 2.47. The van der Waals surface area contributed by atoms with Crippen molar-refractivity contribution < 1.29 is 8.42 Å². The molecular weight excluding hydrogens is 311 g/mol. The third-order valence-corrected chi connectivity index (χ3v) is 4.25. The van der Waals surface area contributed by atoms with E-state index in [1.807, 2.05) is 12.1 Å². The van der Waals surface area contributed by atoms with Crippen LogP contribution in [-0.4, -0.2) is 47.9 Å². The molecule has 1 aromatic heterocycles. The van der Waals surface area contributed by atoms with E-state index in [-0.39, 0.29) is 40.3 Å². The maximum absolute atomic E-state index is 12.2. The third kappa shape index (κ3) is 3.56. The van der Waals surface area contributed by atoms with Gasteiger partial charge in [0.25, 0.3) is 10.0 Å². The normalized spacial score (nSPS) is 10.9. The number of nitrogens with zero attached hydrogens (tertiary/aromatic N) is 2. The first kappa shape index (κ1) is 16.7. The van der Waals surface area contributed by atoms with Crippen LogP contribution in [0.4, 0.5) is 11.5 Å². The minimum atomic E-state index is -3.71. The maximum atomic E-state index is 12.2. The number of benzene rings is 2. The monoisotopic (exact) mass is 323 g/mol. The van der Waals surface area contributed by atoms with Gasteiger partial charge in [0.15, 0.2) is 5.82 Å². The van der Waals surface area contributed by atoms with Crippen LogP contribution in [0.3, 0.4) is 0 Å². The third-order valence-electron chi connectivity index (χ3n) is 2.88. The molecule has 0 aliphatic rings. The molecule has 0 bridgehead atoms. The molecular formula is C14H12N4NaO2S. The predicted octanol–water partition coefficient (Wildman–Crippen LogP) is 1.63. The van der Waals surface area contributed by atoms with E-state index in [1.54, 1.807) is 12.1 Å². The summed E-state index contributed by atoms with van der Waals surface area (Å²) in [6, 6.07) is 13.2. The Morgan fingerprint density at radius 2 is 1.59 bits per heavy atom. The van der Waals surface area contributed by atoms with Gasteiger partial charge >= 0.3 is 0 Å². The van der Waals surface area contributed by atoms with Crippen molar-refractivity contribution in [1.29, 1.82) is 0 Å². The van der Waals surface area contributed by atoms with Gasteiger partial charge in [-0.3, -0.25) is 9.71 Å². The summed E-state index contributed by atoms with van der Waals surface area (Å²) < 4.78 is 26.9. The molecule has 0 unspecified atom stereocenters. The summed E-state index contributed by atoms with van der Waals surface area (Å²) in [4.78, 5) is 8.51. The summed E-state index contributed by atoms with van der Waals surface area (Å²) in [5.74, 6) is 0.172. The van der Waals surface area contributed by atoms with Gasteiger partial charge in [-0.2, -0.15) is 0 Å². The summed E-state index contributed by atoms with van der Waals surface area (Å²) in [5.41, 5.74) is 7.37. The Balaban J connectivity index is 0.00000176. The molecule has 0 spiro atoms. The Labute approximate surface area is 150 Å². The zero-order valence-electron chi connectivity index (χ0n) is 11.9. The summed E-state index contributed by atoms with van der Waals surface area (Å²) in [5, 5.41) is 0. The minimum absolute atomic E-state index is 0. The molecule has 3 aromatic rings. The first-order valence-corrected chi connectivity index (χ1v) is 7.63. The number of nitrogens with two attached hydrogens (primary N) is 1. The van der Waals surface area contributed by atoms with Crippen molar-refractivity contribution >= 4 is 62.1 Å². The predicted molar refractivity (Wildman–Crippen MR) is 87.0 cm³/mol. The van der Waals surface area contributed by atoms with Gasteiger partial charge in [0.2, 0.25) is 0 Å². The van der Waals surface area contributed by atoms with E-state index >= 15 is 0 Å². The molecule has 0 amide bonds. The van der Waals surface area contributed by atoms with Crippen LogP contribution in [0.1, 0.15) is 0 Å². The molecule has 0 aliphatic heterocycles. The van der Waals surface area contributed by atoms with Crippen molar-refractivity contribution in [2.24, 2.45) is 0 Å². The Hall–Kier alpha value is -1.67. The van der Waals surface area contributed by atoms with Crippen LogP contribution >= 0.6 is 0 Å². The molecule has 22 heavy (non-hydrogen) atoms. The number of sulfonamides is 1. The Morgan fingerprint density at radius 1 is 0.955 bits per heavy atom. The van der Waals surface area contributed by atoms with Gasteiger partial charge in [-0.15, -0.1) is 0 Å². The topological polar surface area (TPSA) is 98.0 Å². The van der Waals surface area contributed by atoms with Gasteiger partial charge in [-0.05, 0) is 36.4 Å². The summed E-state index contributed by atoms with van der Waals surface area (Å²) in [7, 11) is -3.71. The summed E-state index contributed by atoms with van der Waals surface area (Å²) in [6.07, 6.45) is 1.39. The zero-order chi connectivity index (χ0) is 14.9. The smallest absolute Gasteiger partial charge is 0.263 e. The number of hydrogen-bond donors (Lipinski definition) is 2. The SMILES string of the molecule is Nc1ccc(S(=O)(=O)Nc2cnc3ccccc3n2)cc1.[Na]. The molecule has 0 fully saturated rings. The van der Waals surface area contributed by atoms with Crippen LogP contribution in [-0.2, 0) is 10.0 Å². The number of rotatable bonds is 3. The van der Waals surface area contributed by atoms with Crippen molar-refractivity contribution in [3.63, 3.8) is 0 Å². The van der Waals surface area contributed by atoms with Crippen LogP contribution in [0.15, 0.2) is 59.6 Å². The number of nitrogen functional groups attached to an aromatic ring is 1. The van der Waals surface area contributed by atoms with E-state index in [2.05, 4.69) is 14.7 Å². The van der Waals surface area contributed by atoms with Crippen LogP contribution < -0.4 is 10.5 Å². The number of nitrogens with one attached hydrogen (secondary N) is 1. The van der Waals surface area contributed by atoms with Crippen LogP contribution in [0, 0.1) is 0 Å². The van der Waals surface area contributed by atoms with E-state index < -0.39 is 10.0 Å². The van der Waals surface area contributed by atoms with Gasteiger partial charge in [0.05, 0.1) is 22.1 Å². The fourth-order valence-electron chi connectivity index (χ4n) is 1.85. The van der Waals surface area contributed by atoms with Crippen molar-refractivity contribution in [3.8, 4) is 0 Å². The number of aromatic nitrogens is 2. The standard InChI is InChI=1S/C14H12N4O2S.Na/c15-10-5-7-11(8-6-10)21(19,20)18-14-9-16-12-3-1-2-4-13(12)17-14;/h1-9H,15H2,(H,17,18);. The summed E-state index contributed by atoms with van der Waals surface area (Å²) >= 11 is 0. The van der Waals surface area contributed by atoms with Crippen molar-refractivity contribution in [2.75, 3.05) is 10.5 Å². The zero-order valence-corrected chi connectivity index (χ0v) is 14.7. The number of anilines is 2. The second-order valence-corrected chi connectivity index (χ2v) is 6.10. The van der Waals surface area contributed by atoms with Gasteiger partial charge in [-0.25, -0.2) is 13.4 Å². The first-order chi connectivity index (χ1) is 10.0. The van der Waals surface area contributed by atoms with E-state index in [4.69, 9.17) is 5.73 Å². The number of hydrogen-bond acceptors (Lipinski definition) is 5. The molecule has 3 N–H and O–H groups in total. The minimum Gasteiger partial charge on any atom is -0.399 e. The Bertz CT molecular complexity index is 898. The largest absolute Gasteiger partial charge is 0.399 e. The molecule has 2 aromatic carbocycles. The van der Waals surface area contributed by atoms with Crippen molar-refractivity contribution in [1.82, 2.24) is 9.97 Å². The first-order valence-electron chi connectivity index (χ1n) is 6.15. The van der Waals surface area contributed by atoms with Crippen molar-refractivity contribution in [3.05, 3.63) is 54.7 Å². The summed E-state index contributed by atoms with van der Waals surface area (Å²) in [6.45, 7) is 0. The number of fused-ring (bicyclic) bond motifs is 1.